The maximum Gasteiger partial charge on any atom is 0.305 e. The third kappa shape index (κ3) is 23.7. The summed E-state index contributed by atoms with van der Waals surface area (Å²) in [6.45, 7) is 20.2. The van der Waals surface area contributed by atoms with Crippen LogP contribution in [0.5, 0.6) is 0 Å². The largest absolute Gasteiger partial charge is 0.465 e. The monoisotopic (exact) mass is 1140 g/mol. The van der Waals surface area contributed by atoms with Crippen LogP contribution in [0.4, 0.5) is 0 Å². The third-order valence-corrected chi connectivity index (χ3v) is 19.2. The molecule has 13 nitrogen and oxygen atoms in total. The number of piperidine rings is 1. The molecule has 81 heavy (non-hydrogen) atoms. The topological polar surface area (TPSA) is 132 Å². The second-order valence-corrected chi connectivity index (χ2v) is 25.5. The zero-order valence-corrected chi connectivity index (χ0v) is 53.2. The van der Waals surface area contributed by atoms with Gasteiger partial charge in [0.05, 0.1) is 49.7 Å². The second-order valence-electron chi connectivity index (χ2n) is 25.5. The first-order valence-electron chi connectivity index (χ1n) is 34.8. The van der Waals surface area contributed by atoms with E-state index in [1.165, 1.54) is 141 Å². The van der Waals surface area contributed by atoms with Gasteiger partial charge in [0.1, 0.15) is 0 Å². The summed E-state index contributed by atoms with van der Waals surface area (Å²) in [5, 5.41) is 0. The number of esters is 2. The number of unbranched alkanes of at least 4 members (excludes halogenated alkanes) is 24. The van der Waals surface area contributed by atoms with Gasteiger partial charge in [0.25, 0.3) is 0 Å². The lowest BCUT2D eigenvalue weighted by molar-refractivity contribution is -0.182. The van der Waals surface area contributed by atoms with E-state index in [9.17, 15) is 14.4 Å². The number of ether oxygens (including phenoxy) is 8. The minimum absolute atomic E-state index is 0.0364. The van der Waals surface area contributed by atoms with Gasteiger partial charge in [0.15, 0.2) is 12.6 Å². The van der Waals surface area contributed by atoms with Crippen molar-refractivity contribution in [1.29, 1.82) is 0 Å². The smallest absolute Gasteiger partial charge is 0.305 e. The summed E-state index contributed by atoms with van der Waals surface area (Å²) in [5.74, 6) is -0.592. The Bertz CT molecular complexity index is 1610. The van der Waals surface area contributed by atoms with Gasteiger partial charge < -0.3 is 47.7 Å². The summed E-state index contributed by atoms with van der Waals surface area (Å²) in [6.07, 6.45) is 39.5. The van der Waals surface area contributed by atoms with E-state index in [2.05, 4.69) is 46.4 Å². The van der Waals surface area contributed by atoms with E-state index in [0.717, 1.165) is 77.4 Å². The van der Waals surface area contributed by atoms with Crippen LogP contribution in [0.25, 0.3) is 0 Å². The molecule has 2 spiro atoms. The van der Waals surface area contributed by atoms with Crippen LogP contribution in [0, 0.1) is 23.7 Å². The van der Waals surface area contributed by atoms with Crippen LogP contribution in [-0.4, -0.2) is 136 Å². The normalized spacial score (nSPS) is 24.4. The van der Waals surface area contributed by atoms with E-state index in [-0.39, 0.29) is 92.4 Å². The number of rotatable bonds is 54. The number of amides is 1. The molecule has 0 aromatic heterocycles. The Labute approximate surface area is 495 Å². The van der Waals surface area contributed by atoms with Crippen molar-refractivity contribution in [3.63, 3.8) is 0 Å². The summed E-state index contributed by atoms with van der Waals surface area (Å²) >= 11 is 0. The lowest BCUT2D eigenvalue weighted by Crippen LogP contribution is -2.69. The maximum absolute atomic E-state index is 14.3. The molecule has 8 atom stereocenters. The van der Waals surface area contributed by atoms with Crippen LogP contribution >= 0.6 is 0 Å². The van der Waals surface area contributed by atoms with Gasteiger partial charge >= 0.3 is 11.9 Å². The minimum atomic E-state index is -0.764. The number of likely N-dealkylation sites (tertiary alicyclic amines) is 1. The van der Waals surface area contributed by atoms with Gasteiger partial charge in [-0.05, 0) is 90.3 Å². The molecule has 5 heterocycles. The Morgan fingerprint density at radius 1 is 0.506 bits per heavy atom. The fourth-order valence-electron chi connectivity index (χ4n) is 14.5. The lowest BCUT2D eigenvalue weighted by Gasteiger charge is -2.55. The molecule has 0 N–H and O–H groups in total. The molecule has 472 valence electrons. The standard InChI is InChI=1S/C68H124N2O11/c1-7-13-17-21-25-29-33-48-74-62(75-49-34-30-26-22-18-14-8-2)43-37-41-60(72)78-52-56-57(53-79-61(73)42-38-44-63(76-50-35-31-27-23-19-15-9-3)77-51-36-32-28-24-20-16-10-4)68-55-70(59(71)40-39-47-69(11-5)12-6)54-67-46-45-58(80-67)64(66(67)68)65(56)81-68/h56-58,62-66H,7-55H2,1-6H3. The fraction of sp³-hybridized carbons (Fsp3) is 0.956. The molecular formula is C68H124N2O11. The molecule has 5 aliphatic heterocycles. The lowest BCUT2D eigenvalue weighted by atomic mass is 9.53. The van der Waals surface area contributed by atoms with Gasteiger partial charge in [-0.1, -0.05) is 196 Å². The molecule has 5 aliphatic rings. The number of hydrogen-bond acceptors (Lipinski definition) is 12. The first kappa shape index (κ1) is 69.9. The highest BCUT2D eigenvalue weighted by Crippen LogP contribution is 2.70. The summed E-state index contributed by atoms with van der Waals surface area (Å²) in [5.41, 5.74) is -1.25. The highest BCUT2D eigenvalue weighted by molar-refractivity contribution is 5.77. The highest BCUT2D eigenvalue weighted by atomic mass is 16.7. The zero-order chi connectivity index (χ0) is 57.8. The van der Waals surface area contributed by atoms with Gasteiger partial charge in [-0.15, -0.1) is 0 Å². The number of nitrogens with zero attached hydrogens (tertiary/aromatic N) is 2. The molecule has 5 fully saturated rings. The van der Waals surface area contributed by atoms with Crippen molar-refractivity contribution in [2.24, 2.45) is 23.7 Å². The maximum atomic E-state index is 14.3. The SMILES string of the molecule is CCCCCCCCCOC(CCCC(=O)OCC1C2OC3(CN(C(=O)CCCN(CC)CC)CC45CCC(O4)C2C53)C1COC(=O)CCCC(OCCCCCCCCC)OCCCCCCCCC)OCCCCCCCCC. The zero-order valence-electron chi connectivity index (χ0n) is 53.2. The number of carbonyl (C=O) groups is 3. The molecule has 0 aromatic carbocycles. The molecule has 0 radical (unpaired) electrons. The van der Waals surface area contributed by atoms with E-state index < -0.39 is 11.2 Å². The van der Waals surface area contributed by atoms with Crippen LogP contribution in [0.1, 0.15) is 286 Å². The first-order chi connectivity index (χ1) is 39.7. The Balaban J connectivity index is 1.20. The molecule has 5 saturated heterocycles. The molecule has 5 rings (SSSR count). The average Bonchev–Trinajstić information content (AvgIpc) is 2.29. The predicted octanol–water partition coefficient (Wildman–Crippen LogP) is 15.6. The third-order valence-electron chi connectivity index (χ3n) is 19.2. The summed E-state index contributed by atoms with van der Waals surface area (Å²) in [7, 11) is 0. The summed E-state index contributed by atoms with van der Waals surface area (Å²) in [4.78, 5) is 46.4. The molecule has 4 bridgehead atoms. The van der Waals surface area contributed by atoms with Crippen molar-refractivity contribution in [1.82, 2.24) is 9.80 Å². The van der Waals surface area contributed by atoms with Crippen LogP contribution < -0.4 is 0 Å². The van der Waals surface area contributed by atoms with Gasteiger partial charge in [-0.3, -0.25) is 14.4 Å². The van der Waals surface area contributed by atoms with Gasteiger partial charge in [0, 0.05) is 69.4 Å². The molecule has 0 saturated carbocycles. The van der Waals surface area contributed by atoms with Gasteiger partial charge in [-0.2, -0.15) is 0 Å². The summed E-state index contributed by atoms with van der Waals surface area (Å²) in [6, 6.07) is 0. The van der Waals surface area contributed by atoms with Crippen LogP contribution in [0.2, 0.25) is 0 Å². The number of fused-ring (bicyclic) bond motifs is 4. The number of hydrogen-bond donors (Lipinski definition) is 0. The van der Waals surface area contributed by atoms with E-state index in [0.29, 0.717) is 71.6 Å². The molecular weight excluding hydrogens is 1020 g/mol. The number of carbonyl (C=O) groups excluding carboxylic acids is 3. The minimum Gasteiger partial charge on any atom is -0.465 e. The van der Waals surface area contributed by atoms with Gasteiger partial charge in [-0.25, -0.2) is 0 Å². The van der Waals surface area contributed by atoms with Crippen molar-refractivity contribution in [2.45, 2.75) is 322 Å². The fourth-order valence-corrected chi connectivity index (χ4v) is 14.5. The molecule has 0 aromatic rings. The highest BCUT2D eigenvalue weighted by Gasteiger charge is 2.81. The summed E-state index contributed by atoms with van der Waals surface area (Å²) < 4.78 is 52.3. The van der Waals surface area contributed by atoms with Gasteiger partial charge in [0.2, 0.25) is 5.91 Å². The Hall–Kier alpha value is -1.87. The van der Waals surface area contributed by atoms with E-state index >= 15 is 0 Å². The molecule has 0 aliphatic carbocycles. The van der Waals surface area contributed by atoms with Crippen molar-refractivity contribution in [3.05, 3.63) is 0 Å². The van der Waals surface area contributed by atoms with Crippen molar-refractivity contribution in [3.8, 4) is 0 Å². The van der Waals surface area contributed by atoms with Crippen LogP contribution in [0.3, 0.4) is 0 Å². The first-order valence-corrected chi connectivity index (χ1v) is 34.8. The van der Waals surface area contributed by atoms with E-state index in [1.807, 2.05) is 4.90 Å². The van der Waals surface area contributed by atoms with Crippen molar-refractivity contribution < 1.29 is 52.3 Å². The van der Waals surface area contributed by atoms with E-state index in [4.69, 9.17) is 37.9 Å². The molecule has 1 amide bonds. The molecule has 13 heteroatoms. The van der Waals surface area contributed by atoms with Crippen LogP contribution in [-0.2, 0) is 52.3 Å². The average molecular weight is 1150 g/mol. The second kappa shape index (κ2) is 41.3. The van der Waals surface area contributed by atoms with Crippen LogP contribution in [0.15, 0.2) is 0 Å². The van der Waals surface area contributed by atoms with Crippen molar-refractivity contribution >= 4 is 17.8 Å². The Kier molecular flexibility index (Phi) is 35.6. The van der Waals surface area contributed by atoms with Crippen molar-refractivity contribution in [2.75, 3.05) is 72.4 Å². The van der Waals surface area contributed by atoms with E-state index in [1.54, 1.807) is 0 Å². The molecule has 8 unspecified atom stereocenters. The Morgan fingerprint density at radius 3 is 1.38 bits per heavy atom. The Morgan fingerprint density at radius 2 is 0.938 bits per heavy atom. The predicted molar refractivity (Wildman–Crippen MR) is 325 cm³/mol. The quantitative estimate of drug-likeness (QED) is 0.0326.